The molecule has 0 fully saturated rings. The van der Waals surface area contributed by atoms with Crippen molar-refractivity contribution in [2.45, 2.75) is 58.8 Å². The van der Waals surface area contributed by atoms with Crippen molar-refractivity contribution in [3.63, 3.8) is 0 Å². The molecule has 0 spiro atoms. The van der Waals surface area contributed by atoms with Crippen molar-refractivity contribution >= 4 is 19.4 Å². The molecule has 170 valence electrons. The average molecular weight is 442 g/mol. The van der Waals surface area contributed by atoms with E-state index >= 15 is 0 Å². The van der Waals surface area contributed by atoms with Gasteiger partial charge in [0.2, 0.25) is 7.37 Å². The number of nitrogens with one attached hydrogen (secondary N) is 1. The minimum atomic E-state index is -3.39. The van der Waals surface area contributed by atoms with E-state index < -0.39 is 31.1 Å². The molecule has 7 nitrogen and oxygen atoms in total. The lowest BCUT2D eigenvalue weighted by Crippen LogP contribution is -2.47. The third-order valence-electron chi connectivity index (χ3n) is 5.21. The number of ether oxygens (including phenoxy) is 2. The quantitative estimate of drug-likeness (QED) is 0.335. The Bertz CT molecular complexity index is 696. The highest BCUT2D eigenvalue weighted by Crippen LogP contribution is 2.55. The molecule has 1 aromatic rings. The molecule has 4 atom stereocenters. The number of alkyl carbamates (subject to hydrolysis) is 1. The first kappa shape index (κ1) is 26.2. The highest BCUT2D eigenvalue weighted by Gasteiger charge is 2.46. The van der Waals surface area contributed by atoms with Gasteiger partial charge in [-0.15, -0.1) is 0 Å². The molecule has 0 aliphatic heterocycles. The van der Waals surface area contributed by atoms with Gasteiger partial charge in [-0.1, -0.05) is 70.4 Å². The standard InChI is InChI=1S/C22H36NO6P/c1-6-8-15-30(26,28-5)20(19(21(24)27-4)17(3)12-7-2)23-22(25)29-16-18-13-10-9-11-14-18/h9-11,13-14,17,19-20H,6-8,12,15-16H2,1-5H3,(H,23,25). The molecule has 1 aromatic carbocycles. The van der Waals surface area contributed by atoms with Crippen LogP contribution >= 0.6 is 7.37 Å². The Morgan fingerprint density at radius 2 is 1.77 bits per heavy atom. The van der Waals surface area contributed by atoms with E-state index in [1.54, 1.807) is 0 Å². The summed E-state index contributed by atoms with van der Waals surface area (Å²) in [4.78, 5) is 25.3. The Labute approximate surface area is 180 Å². The van der Waals surface area contributed by atoms with E-state index in [9.17, 15) is 14.2 Å². The highest BCUT2D eigenvalue weighted by molar-refractivity contribution is 7.59. The summed E-state index contributed by atoms with van der Waals surface area (Å²) in [7, 11) is -0.735. The van der Waals surface area contributed by atoms with E-state index in [1.807, 2.05) is 51.1 Å². The van der Waals surface area contributed by atoms with Gasteiger partial charge in [0.05, 0.1) is 13.0 Å². The number of methoxy groups -OCH3 is 1. The fourth-order valence-corrected chi connectivity index (χ4v) is 6.14. The summed E-state index contributed by atoms with van der Waals surface area (Å²) in [6, 6.07) is 9.25. The van der Waals surface area contributed by atoms with E-state index in [4.69, 9.17) is 14.0 Å². The first-order valence-electron chi connectivity index (χ1n) is 10.5. The molecule has 0 saturated heterocycles. The lowest BCUT2D eigenvalue weighted by atomic mass is 9.90. The van der Waals surface area contributed by atoms with E-state index in [2.05, 4.69) is 5.32 Å². The van der Waals surface area contributed by atoms with E-state index in [0.29, 0.717) is 12.8 Å². The van der Waals surface area contributed by atoms with Gasteiger partial charge >= 0.3 is 12.1 Å². The van der Waals surface area contributed by atoms with E-state index in [1.165, 1.54) is 14.2 Å². The molecule has 0 aliphatic carbocycles. The fraction of sp³-hybridized carbons (Fsp3) is 0.636. The Morgan fingerprint density at radius 1 is 1.10 bits per heavy atom. The molecule has 4 unspecified atom stereocenters. The van der Waals surface area contributed by atoms with Gasteiger partial charge in [0, 0.05) is 13.3 Å². The van der Waals surface area contributed by atoms with Gasteiger partial charge in [0.15, 0.2) is 0 Å². The first-order chi connectivity index (χ1) is 14.3. The Kier molecular flexibility index (Phi) is 11.7. The van der Waals surface area contributed by atoms with Crippen LogP contribution in [-0.4, -0.2) is 38.2 Å². The lowest BCUT2D eigenvalue weighted by Gasteiger charge is -2.34. The van der Waals surface area contributed by atoms with Gasteiger partial charge in [-0.05, 0) is 17.9 Å². The van der Waals surface area contributed by atoms with Crippen molar-refractivity contribution in [2.24, 2.45) is 11.8 Å². The number of esters is 1. The molecule has 1 rings (SSSR count). The second-order valence-electron chi connectivity index (χ2n) is 7.45. The van der Waals surface area contributed by atoms with Crippen molar-refractivity contribution in [1.82, 2.24) is 5.32 Å². The smallest absolute Gasteiger partial charge is 0.408 e. The number of amides is 1. The lowest BCUT2D eigenvalue weighted by molar-refractivity contribution is -0.147. The molecular weight excluding hydrogens is 405 g/mol. The van der Waals surface area contributed by atoms with Crippen LogP contribution in [0.5, 0.6) is 0 Å². The van der Waals surface area contributed by atoms with Crippen LogP contribution in [-0.2, 0) is 30.0 Å². The SMILES string of the molecule is CCCCP(=O)(OC)C(NC(=O)OCc1ccccc1)C(C(=O)OC)C(C)CCC. The largest absolute Gasteiger partial charge is 0.469 e. The van der Waals surface area contributed by atoms with Crippen molar-refractivity contribution in [3.05, 3.63) is 35.9 Å². The Balaban J connectivity index is 3.14. The second-order valence-corrected chi connectivity index (χ2v) is 10.3. The highest BCUT2D eigenvalue weighted by atomic mass is 31.2. The summed E-state index contributed by atoms with van der Waals surface area (Å²) in [5, 5.41) is 2.69. The summed E-state index contributed by atoms with van der Waals surface area (Å²) in [6.07, 6.45) is 2.54. The number of hydrogen-bond donors (Lipinski definition) is 1. The zero-order valence-electron chi connectivity index (χ0n) is 18.8. The predicted molar refractivity (Wildman–Crippen MR) is 118 cm³/mol. The van der Waals surface area contributed by atoms with Crippen LogP contribution in [0.15, 0.2) is 30.3 Å². The zero-order chi connectivity index (χ0) is 22.6. The number of carbonyl (C=O) groups is 2. The average Bonchev–Trinajstić information content (AvgIpc) is 2.76. The summed E-state index contributed by atoms with van der Waals surface area (Å²) >= 11 is 0. The molecule has 1 N–H and O–H groups in total. The molecule has 0 heterocycles. The summed E-state index contributed by atoms with van der Waals surface area (Å²) in [5.74, 6) is -2.50. The normalized spacial score (nSPS) is 16.0. The van der Waals surface area contributed by atoms with Crippen molar-refractivity contribution in [3.8, 4) is 0 Å². The van der Waals surface area contributed by atoms with Gasteiger partial charge in [-0.25, -0.2) is 4.79 Å². The minimum Gasteiger partial charge on any atom is -0.469 e. The molecule has 1 amide bonds. The molecule has 30 heavy (non-hydrogen) atoms. The summed E-state index contributed by atoms with van der Waals surface area (Å²) in [6.45, 7) is 5.95. The van der Waals surface area contributed by atoms with Crippen molar-refractivity contribution in [2.75, 3.05) is 20.4 Å². The molecule has 0 saturated carbocycles. The summed E-state index contributed by atoms with van der Waals surface area (Å²) < 4.78 is 29.5. The number of unbranched alkanes of at least 4 members (excludes halogenated alkanes) is 1. The Hall–Kier alpha value is -1.85. The van der Waals surface area contributed by atoms with Gasteiger partial charge in [0.1, 0.15) is 12.4 Å². The molecule has 0 aliphatic rings. The summed E-state index contributed by atoms with van der Waals surface area (Å²) in [5.41, 5.74) is 0.828. The van der Waals surface area contributed by atoms with Crippen LogP contribution in [0.4, 0.5) is 4.79 Å². The number of rotatable bonds is 13. The van der Waals surface area contributed by atoms with Crippen LogP contribution in [0.2, 0.25) is 0 Å². The van der Waals surface area contributed by atoms with Crippen molar-refractivity contribution < 1.29 is 28.2 Å². The van der Waals surface area contributed by atoms with Gasteiger partial charge in [-0.2, -0.15) is 0 Å². The fourth-order valence-electron chi connectivity index (χ4n) is 3.48. The Morgan fingerprint density at radius 3 is 2.30 bits per heavy atom. The van der Waals surface area contributed by atoms with Crippen LogP contribution in [0, 0.1) is 11.8 Å². The van der Waals surface area contributed by atoms with Gasteiger partial charge < -0.3 is 19.3 Å². The van der Waals surface area contributed by atoms with E-state index in [-0.39, 0.29) is 18.7 Å². The molecule has 0 bridgehead atoms. The van der Waals surface area contributed by atoms with Gasteiger partial charge in [0.25, 0.3) is 0 Å². The van der Waals surface area contributed by atoms with Crippen LogP contribution < -0.4 is 5.32 Å². The monoisotopic (exact) mass is 441 g/mol. The van der Waals surface area contributed by atoms with Crippen LogP contribution in [0.1, 0.15) is 52.0 Å². The third-order valence-corrected chi connectivity index (χ3v) is 8.06. The first-order valence-corrected chi connectivity index (χ1v) is 12.4. The maximum Gasteiger partial charge on any atom is 0.408 e. The number of carbonyl (C=O) groups excluding carboxylic acids is 2. The molecular formula is C22H36NO6P. The zero-order valence-corrected chi connectivity index (χ0v) is 19.7. The topological polar surface area (TPSA) is 90.9 Å². The number of benzene rings is 1. The maximum atomic E-state index is 13.7. The molecule has 8 heteroatoms. The predicted octanol–water partition coefficient (Wildman–Crippen LogP) is 5.19. The van der Waals surface area contributed by atoms with Crippen LogP contribution in [0.25, 0.3) is 0 Å². The minimum absolute atomic E-state index is 0.0685. The van der Waals surface area contributed by atoms with Gasteiger partial charge in [-0.3, -0.25) is 9.36 Å². The maximum absolute atomic E-state index is 13.7. The van der Waals surface area contributed by atoms with E-state index in [0.717, 1.165) is 18.4 Å². The second kappa shape index (κ2) is 13.5. The van der Waals surface area contributed by atoms with Crippen molar-refractivity contribution in [1.29, 1.82) is 0 Å². The third kappa shape index (κ3) is 7.77. The number of hydrogen-bond acceptors (Lipinski definition) is 6. The molecule has 0 radical (unpaired) electrons. The molecule has 0 aromatic heterocycles. The van der Waals surface area contributed by atoms with Crippen LogP contribution in [0.3, 0.4) is 0 Å².